The number of benzene rings is 2. The van der Waals surface area contributed by atoms with Crippen molar-refractivity contribution < 1.29 is 0 Å². The highest BCUT2D eigenvalue weighted by Crippen LogP contribution is 2.67. The van der Waals surface area contributed by atoms with Crippen LogP contribution in [0.2, 0.25) is 0 Å². The van der Waals surface area contributed by atoms with E-state index in [1.807, 2.05) is 0 Å². The van der Waals surface area contributed by atoms with Gasteiger partial charge >= 0.3 is 0 Å². The Hall–Kier alpha value is -2.08. The molecule has 0 amide bonds. The molecule has 2 unspecified atom stereocenters. The third-order valence-electron chi connectivity index (χ3n) is 10.0. The van der Waals surface area contributed by atoms with E-state index in [9.17, 15) is 0 Å². The van der Waals surface area contributed by atoms with Gasteiger partial charge in [-0.25, -0.2) is 0 Å². The van der Waals surface area contributed by atoms with Crippen LogP contribution >= 0.6 is 0 Å². The average molecular weight is 495 g/mol. The number of allylic oxidation sites excluding steroid dienone is 4. The van der Waals surface area contributed by atoms with E-state index in [-0.39, 0.29) is 21.7 Å². The summed E-state index contributed by atoms with van der Waals surface area (Å²) in [5, 5.41) is 0. The zero-order valence-corrected chi connectivity index (χ0v) is 25.7. The van der Waals surface area contributed by atoms with Crippen LogP contribution in [0.25, 0.3) is 11.1 Å². The highest BCUT2D eigenvalue weighted by atomic mass is 14.6. The topological polar surface area (TPSA) is 0 Å². The fraction of sp³-hybridized carbons (Fsp3) is 0.568. The van der Waals surface area contributed by atoms with Gasteiger partial charge in [0.2, 0.25) is 0 Å². The molecular weight excluding hydrogens is 444 g/mol. The van der Waals surface area contributed by atoms with Gasteiger partial charge in [0.25, 0.3) is 0 Å². The molecule has 0 bridgehead atoms. The van der Waals surface area contributed by atoms with Crippen molar-refractivity contribution in [3.8, 4) is 11.1 Å². The van der Waals surface area contributed by atoms with Crippen molar-refractivity contribution in [3.63, 3.8) is 0 Å². The molecule has 0 N–H and O–H groups in total. The number of hydrogen-bond donors (Lipinski definition) is 0. The summed E-state index contributed by atoms with van der Waals surface area (Å²) in [5.74, 6) is 1.61. The fourth-order valence-corrected chi connectivity index (χ4v) is 7.60. The molecule has 2 atom stereocenters. The van der Waals surface area contributed by atoms with Gasteiger partial charge in [-0.2, -0.15) is 0 Å². The van der Waals surface area contributed by atoms with Crippen LogP contribution in [0.5, 0.6) is 0 Å². The molecule has 0 spiro atoms. The molecule has 2 aromatic rings. The van der Waals surface area contributed by atoms with Crippen LogP contribution in [-0.2, 0) is 10.8 Å². The molecule has 0 radical (unpaired) electrons. The third-order valence-corrected chi connectivity index (χ3v) is 10.0. The van der Waals surface area contributed by atoms with Gasteiger partial charge < -0.3 is 0 Å². The molecule has 0 saturated heterocycles. The Bertz CT molecular complexity index is 1240. The largest absolute Gasteiger partial charge is 0.0619 e. The first-order valence-electron chi connectivity index (χ1n) is 14.7. The smallest absolute Gasteiger partial charge is 0.0201 e. The van der Waals surface area contributed by atoms with E-state index in [2.05, 4.69) is 126 Å². The van der Waals surface area contributed by atoms with Crippen molar-refractivity contribution >= 4 is 0 Å². The standard InChI is InChI=1S/C37H50/c1-22(2)37(21-23(3)29-19-26(20-32(29)37)36(10,11)12)33-27-15-13-24(34(4,5)6)17-30(27)31-18-25(35(7,8)9)14-16-28(31)33/h13-18,20,22-23,33H,19,21H2,1-12H3. The van der Waals surface area contributed by atoms with Crippen LogP contribution < -0.4 is 0 Å². The predicted molar refractivity (Wildman–Crippen MR) is 161 cm³/mol. The Kier molecular flexibility index (Phi) is 5.88. The third kappa shape index (κ3) is 4.00. The van der Waals surface area contributed by atoms with E-state index in [0.717, 1.165) is 0 Å². The highest BCUT2D eigenvalue weighted by Gasteiger charge is 2.55. The summed E-state index contributed by atoms with van der Waals surface area (Å²) in [6, 6.07) is 14.9. The van der Waals surface area contributed by atoms with Gasteiger partial charge in [0, 0.05) is 11.3 Å². The van der Waals surface area contributed by atoms with Crippen LogP contribution in [0.1, 0.15) is 124 Å². The van der Waals surface area contributed by atoms with Crippen molar-refractivity contribution in [1.29, 1.82) is 0 Å². The van der Waals surface area contributed by atoms with Gasteiger partial charge in [-0.15, -0.1) is 0 Å². The van der Waals surface area contributed by atoms with Crippen LogP contribution in [0.4, 0.5) is 0 Å². The summed E-state index contributed by atoms with van der Waals surface area (Å²) >= 11 is 0. The molecule has 0 nitrogen and oxygen atoms in total. The van der Waals surface area contributed by atoms with Crippen molar-refractivity contribution in [2.45, 2.75) is 113 Å². The normalized spacial score (nSPS) is 24.0. The zero-order valence-electron chi connectivity index (χ0n) is 25.7. The minimum absolute atomic E-state index is 0.133. The lowest BCUT2D eigenvalue weighted by molar-refractivity contribution is 0.201. The Morgan fingerprint density at radius 1 is 0.730 bits per heavy atom. The van der Waals surface area contributed by atoms with Gasteiger partial charge in [-0.05, 0) is 79.9 Å². The van der Waals surface area contributed by atoms with Gasteiger partial charge in [0.1, 0.15) is 0 Å². The first-order valence-corrected chi connectivity index (χ1v) is 14.7. The number of fused-ring (bicyclic) bond motifs is 3. The lowest BCUT2D eigenvalue weighted by atomic mass is 9.59. The van der Waals surface area contributed by atoms with Gasteiger partial charge in [-0.3, -0.25) is 0 Å². The predicted octanol–water partition coefficient (Wildman–Crippen LogP) is 10.7. The maximum Gasteiger partial charge on any atom is 0.0201 e. The van der Waals surface area contributed by atoms with Gasteiger partial charge in [0.05, 0.1) is 0 Å². The molecule has 3 aliphatic rings. The van der Waals surface area contributed by atoms with E-state index in [4.69, 9.17) is 0 Å². The second-order valence-corrected chi connectivity index (χ2v) is 15.9. The second kappa shape index (κ2) is 8.21. The van der Waals surface area contributed by atoms with Crippen LogP contribution in [0.15, 0.2) is 59.2 Å². The quantitative estimate of drug-likeness (QED) is 0.389. The molecule has 0 heterocycles. The summed E-state index contributed by atoms with van der Waals surface area (Å²) in [6.45, 7) is 28.7. The van der Waals surface area contributed by atoms with E-state index in [1.54, 1.807) is 27.8 Å². The Balaban J connectivity index is 1.79. The van der Waals surface area contributed by atoms with E-state index in [1.165, 1.54) is 35.1 Å². The van der Waals surface area contributed by atoms with Crippen molar-refractivity contribution in [1.82, 2.24) is 0 Å². The van der Waals surface area contributed by atoms with Crippen LogP contribution in [-0.4, -0.2) is 0 Å². The van der Waals surface area contributed by atoms with E-state index >= 15 is 0 Å². The molecule has 0 heteroatoms. The van der Waals surface area contributed by atoms with Gasteiger partial charge in [0.15, 0.2) is 0 Å². The Labute approximate surface area is 227 Å². The fourth-order valence-electron chi connectivity index (χ4n) is 7.60. The van der Waals surface area contributed by atoms with Crippen molar-refractivity contribution in [2.24, 2.45) is 22.7 Å². The minimum atomic E-state index is 0.133. The molecule has 0 saturated carbocycles. The molecule has 3 aliphatic carbocycles. The van der Waals surface area contributed by atoms with E-state index in [0.29, 0.717) is 17.8 Å². The summed E-state index contributed by atoms with van der Waals surface area (Å²) in [5.41, 5.74) is 14.6. The van der Waals surface area contributed by atoms with Crippen LogP contribution in [0, 0.1) is 22.7 Å². The second-order valence-electron chi connectivity index (χ2n) is 15.9. The molecule has 5 rings (SSSR count). The molecule has 0 fully saturated rings. The molecule has 2 aromatic carbocycles. The summed E-state index contributed by atoms with van der Waals surface area (Å²) in [6.07, 6.45) is 5.09. The average Bonchev–Trinajstić information content (AvgIpc) is 3.42. The maximum atomic E-state index is 2.66. The van der Waals surface area contributed by atoms with Crippen molar-refractivity contribution in [3.05, 3.63) is 81.4 Å². The summed E-state index contributed by atoms with van der Waals surface area (Å²) in [7, 11) is 0. The minimum Gasteiger partial charge on any atom is -0.0619 e. The maximum absolute atomic E-state index is 2.66. The molecule has 0 aromatic heterocycles. The highest BCUT2D eigenvalue weighted by molar-refractivity contribution is 5.81. The lowest BCUT2D eigenvalue weighted by Crippen LogP contribution is -2.34. The first kappa shape index (κ1) is 26.5. The zero-order chi connectivity index (χ0) is 27.3. The monoisotopic (exact) mass is 494 g/mol. The Morgan fingerprint density at radius 3 is 1.62 bits per heavy atom. The first-order chi connectivity index (χ1) is 17.0. The van der Waals surface area contributed by atoms with Gasteiger partial charge in [-0.1, -0.05) is 137 Å². The molecule has 198 valence electrons. The summed E-state index contributed by atoms with van der Waals surface area (Å²) in [4.78, 5) is 0. The Morgan fingerprint density at radius 2 is 1.22 bits per heavy atom. The molecular formula is C37H50. The SMILES string of the molecule is CC1CC(C(C)C)(C2c3ccc(C(C)(C)C)cc3-c3cc(C(C)(C)C)ccc32)C2=C1CC(C(C)(C)C)=C2. The lowest BCUT2D eigenvalue weighted by Gasteiger charge is -2.43. The molecule has 37 heavy (non-hydrogen) atoms. The summed E-state index contributed by atoms with van der Waals surface area (Å²) < 4.78 is 0. The number of rotatable bonds is 2. The van der Waals surface area contributed by atoms with Crippen molar-refractivity contribution in [2.75, 3.05) is 0 Å². The van der Waals surface area contributed by atoms with Crippen LogP contribution in [0.3, 0.4) is 0 Å². The molecule has 0 aliphatic heterocycles. The van der Waals surface area contributed by atoms with E-state index < -0.39 is 0 Å². The number of hydrogen-bond acceptors (Lipinski definition) is 0.